The van der Waals surface area contributed by atoms with Gasteiger partial charge < -0.3 is 10.1 Å². The average molecular weight is 524 g/mol. The van der Waals surface area contributed by atoms with Crippen LogP contribution in [0.15, 0.2) is 140 Å². The molecule has 1 N–H and O–H groups in total. The number of nitrogens with one attached hydrogen (secondary N) is 1. The summed E-state index contributed by atoms with van der Waals surface area (Å²) < 4.78 is 6.56. The van der Waals surface area contributed by atoms with Gasteiger partial charge in [-0.2, -0.15) is 0 Å². The molecule has 1 aliphatic rings. The fourth-order valence-electron chi connectivity index (χ4n) is 6.69. The fraction of sp³-hybridized carbons (Fsp3) is 0.0256. The Morgan fingerprint density at radius 1 is 0.463 bits per heavy atom. The van der Waals surface area contributed by atoms with Crippen LogP contribution >= 0.6 is 0 Å². The highest BCUT2D eigenvalue weighted by Gasteiger charge is 2.26. The molecule has 0 radical (unpaired) electrons. The van der Waals surface area contributed by atoms with Crippen LogP contribution in [0.4, 0.5) is 5.69 Å². The van der Waals surface area contributed by atoms with E-state index in [0.717, 1.165) is 22.4 Å². The number of rotatable bonds is 2. The predicted octanol–water partition coefficient (Wildman–Crippen LogP) is 10.6. The van der Waals surface area contributed by atoms with Crippen LogP contribution in [-0.2, 0) is 0 Å². The standard InChI is InChI=1S/C39H25NO/c1-2-9-26(10-3-1)39-40-36-21-18-25-14-15-27-22-28(17-19-30(27)37(25)38(36)41-39)34-23-35-29-11-5-4-8-24(29)16-20-33(35)31-12-6-7-13-32(31)34/h1-23,39-40H. The highest BCUT2D eigenvalue weighted by molar-refractivity contribution is 6.21. The smallest absolute Gasteiger partial charge is 0.196 e. The van der Waals surface area contributed by atoms with Crippen molar-refractivity contribution in [3.8, 4) is 16.9 Å². The highest BCUT2D eigenvalue weighted by atomic mass is 16.5. The Labute approximate surface area is 237 Å². The van der Waals surface area contributed by atoms with Crippen LogP contribution in [0.5, 0.6) is 5.75 Å². The molecule has 0 saturated carbocycles. The molecule has 0 amide bonds. The van der Waals surface area contributed by atoms with Crippen molar-refractivity contribution in [3.05, 3.63) is 145 Å². The van der Waals surface area contributed by atoms with Gasteiger partial charge in [-0.05, 0) is 77.8 Å². The number of ether oxygens (including phenoxy) is 1. The molecular formula is C39H25NO. The minimum Gasteiger partial charge on any atom is -0.464 e. The lowest BCUT2D eigenvalue weighted by Crippen LogP contribution is -2.09. The highest BCUT2D eigenvalue weighted by Crippen LogP contribution is 2.46. The van der Waals surface area contributed by atoms with Gasteiger partial charge in [0.1, 0.15) is 0 Å². The number of hydrogen-bond donors (Lipinski definition) is 1. The van der Waals surface area contributed by atoms with Crippen molar-refractivity contribution in [1.29, 1.82) is 0 Å². The first-order valence-electron chi connectivity index (χ1n) is 14.1. The number of anilines is 1. The van der Waals surface area contributed by atoms with E-state index in [1.165, 1.54) is 59.6 Å². The van der Waals surface area contributed by atoms with E-state index in [1.54, 1.807) is 0 Å². The molecule has 1 aliphatic heterocycles. The van der Waals surface area contributed by atoms with E-state index < -0.39 is 0 Å². The lowest BCUT2D eigenvalue weighted by molar-refractivity contribution is 0.263. The monoisotopic (exact) mass is 523 g/mol. The molecule has 8 aromatic carbocycles. The minimum absolute atomic E-state index is 0.190. The van der Waals surface area contributed by atoms with Crippen LogP contribution < -0.4 is 10.1 Å². The van der Waals surface area contributed by atoms with Gasteiger partial charge in [-0.25, -0.2) is 0 Å². The third kappa shape index (κ3) is 3.38. The Hall–Kier alpha value is -5.34. The van der Waals surface area contributed by atoms with Gasteiger partial charge in [-0.15, -0.1) is 0 Å². The first kappa shape index (κ1) is 22.5. The summed E-state index contributed by atoms with van der Waals surface area (Å²) in [5, 5.41) is 16.0. The van der Waals surface area contributed by atoms with Crippen molar-refractivity contribution in [2.24, 2.45) is 0 Å². The second kappa shape index (κ2) is 8.58. The molecule has 2 nitrogen and oxygen atoms in total. The molecule has 2 heteroatoms. The molecule has 0 bridgehead atoms. The van der Waals surface area contributed by atoms with Gasteiger partial charge >= 0.3 is 0 Å². The van der Waals surface area contributed by atoms with Crippen LogP contribution in [0.25, 0.3) is 65.0 Å². The summed E-state index contributed by atoms with van der Waals surface area (Å²) in [6, 6.07) is 50.4. The van der Waals surface area contributed by atoms with Gasteiger partial charge in [0.2, 0.25) is 0 Å². The van der Waals surface area contributed by atoms with Crippen LogP contribution in [0.2, 0.25) is 0 Å². The Morgan fingerprint density at radius 3 is 2.05 bits per heavy atom. The quantitative estimate of drug-likeness (QED) is 0.228. The van der Waals surface area contributed by atoms with Crippen molar-refractivity contribution in [2.75, 3.05) is 5.32 Å². The third-order valence-corrected chi connectivity index (χ3v) is 8.66. The largest absolute Gasteiger partial charge is 0.464 e. The van der Waals surface area contributed by atoms with Crippen LogP contribution in [0, 0.1) is 0 Å². The summed E-state index contributed by atoms with van der Waals surface area (Å²) in [6.07, 6.45) is -0.190. The third-order valence-electron chi connectivity index (χ3n) is 8.66. The summed E-state index contributed by atoms with van der Waals surface area (Å²) in [4.78, 5) is 0. The number of hydrogen-bond acceptors (Lipinski definition) is 2. The van der Waals surface area contributed by atoms with Crippen LogP contribution in [0.3, 0.4) is 0 Å². The van der Waals surface area contributed by atoms with Gasteiger partial charge in [0.15, 0.2) is 12.0 Å². The van der Waals surface area contributed by atoms with Crippen molar-refractivity contribution in [3.63, 3.8) is 0 Å². The topological polar surface area (TPSA) is 21.3 Å². The van der Waals surface area contributed by atoms with Crippen LogP contribution in [-0.4, -0.2) is 0 Å². The van der Waals surface area contributed by atoms with E-state index in [0.29, 0.717) is 0 Å². The molecule has 0 aliphatic carbocycles. The first-order chi connectivity index (χ1) is 20.3. The summed E-state index contributed by atoms with van der Waals surface area (Å²) in [5.74, 6) is 0.928. The fourth-order valence-corrected chi connectivity index (χ4v) is 6.69. The number of fused-ring (bicyclic) bond motifs is 10. The molecule has 1 heterocycles. The second-order valence-electron chi connectivity index (χ2n) is 10.9. The van der Waals surface area contributed by atoms with Gasteiger partial charge in [0, 0.05) is 10.9 Å². The zero-order chi connectivity index (χ0) is 26.9. The molecule has 41 heavy (non-hydrogen) atoms. The summed E-state index contributed by atoms with van der Waals surface area (Å²) in [7, 11) is 0. The maximum Gasteiger partial charge on any atom is 0.196 e. The molecule has 0 fully saturated rings. The molecule has 9 rings (SSSR count). The van der Waals surface area contributed by atoms with E-state index in [4.69, 9.17) is 4.74 Å². The summed E-state index contributed by atoms with van der Waals surface area (Å²) >= 11 is 0. The maximum absolute atomic E-state index is 6.56. The predicted molar refractivity (Wildman–Crippen MR) is 173 cm³/mol. The van der Waals surface area contributed by atoms with Gasteiger partial charge in [-0.1, -0.05) is 121 Å². The van der Waals surface area contributed by atoms with E-state index in [1.807, 2.05) is 6.07 Å². The van der Waals surface area contributed by atoms with E-state index in [-0.39, 0.29) is 6.23 Å². The first-order valence-corrected chi connectivity index (χ1v) is 14.1. The van der Waals surface area contributed by atoms with Gasteiger partial charge in [-0.3, -0.25) is 0 Å². The Bertz CT molecular complexity index is 2320. The Balaban J connectivity index is 1.26. The van der Waals surface area contributed by atoms with Gasteiger partial charge in [0.05, 0.1) is 5.69 Å². The molecular weight excluding hydrogens is 498 g/mol. The van der Waals surface area contributed by atoms with Crippen LogP contribution in [0.1, 0.15) is 11.8 Å². The molecule has 0 saturated heterocycles. The second-order valence-corrected chi connectivity index (χ2v) is 10.9. The lowest BCUT2D eigenvalue weighted by atomic mass is 9.90. The molecule has 0 spiro atoms. The van der Waals surface area contributed by atoms with E-state index in [9.17, 15) is 0 Å². The molecule has 8 aromatic rings. The maximum atomic E-state index is 6.56. The van der Waals surface area contributed by atoms with Crippen molar-refractivity contribution < 1.29 is 4.74 Å². The molecule has 0 aromatic heterocycles. The summed E-state index contributed by atoms with van der Waals surface area (Å²) in [5.41, 5.74) is 4.63. The van der Waals surface area contributed by atoms with Crippen molar-refractivity contribution in [1.82, 2.24) is 0 Å². The average Bonchev–Trinajstić information content (AvgIpc) is 3.49. The zero-order valence-corrected chi connectivity index (χ0v) is 22.3. The number of benzene rings is 8. The van der Waals surface area contributed by atoms with Crippen molar-refractivity contribution in [2.45, 2.75) is 6.23 Å². The Kier molecular flexibility index (Phi) is 4.70. The molecule has 1 atom stereocenters. The zero-order valence-electron chi connectivity index (χ0n) is 22.3. The van der Waals surface area contributed by atoms with Gasteiger partial charge in [0.25, 0.3) is 0 Å². The molecule has 1 unspecified atom stereocenters. The lowest BCUT2D eigenvalue weighted by Gasteiger charge is -2.15. The SMILES string of the molecule is c1ccc(C2Nc3ccc4ccc5cc(-c6cc7c8ccccc8ccc7c7ccccc67)ccc5c4c3O2)cc1. The van der Waals surface area contributed by atoms with E-state index in [2.05, 4.69) is 139 Å². The van der Waals surface area contributed by atoms with E-state index >= 15 is 0 Å². The minimum atomic E-state index is -0.190. The Morgan fingerprint density at radius 2 is 1.15 bits per heavy atom. The summed E-state index contributed by atoms with van der Waals surface area (Å²) in [6.45, 7) is 0. The van der Waals surface area contributed by atoms with Crippen molar-refractivity contribution >= 4 is 59.5 Å². The normalized spacial score (nSPS) is 14.5. The molecule has 192 valence electrons.